The molecule has 2 aromatic heterocycles. The molecule has 0 amide bonds. The van der Waals surface area contributed by atoms with Gasteiger partial charge >= 0.3 is 5.97 Å². The summed E-state index contributed by atoms with van der Waals surface area (Å²) in [6.45, 7) is 1.36. The number of aromatic hydroxyl groups is 1. The summed E-state index contributed by atoms with van der Waals surface area (Å²) in [5.74, 6) is -1.31. The third-order valence-corrected chi connectivity index (χ3v) is 6.75. The number of phenolic OH excluding ortho intramolecular Hbond substituents is 1. The number of phenols is 1. The molecule has 0 saturated heterocycles. The second-order valence-electron chi connectivity index (χ2n) is 9.28. The summed E-state index contributed by atoms with van der Waals surface area (Å²) in [4.78, 5) is 48.3. The van der Waals surface area contributed by atoms with E-state index in [0.29, 0.717) is 23.4 Å². The molecule has 1 atom stereocenters. The van der Waals surface area contributed by atoms with Crippen molar-refractivity contribution in [1.29, 1.82) is 0 Å². The Morgan fingerprint density at radius 2 is 2.14 bits per heavy atom. The SMILES string of the molecule is CC[C@@]1(OC(=O)CN=[N+]=[N-])C(=O)COc2c1cc1n(c2=O)Cc2cc3c(CN(C)C)c(O)ccc3nc2-1. The Morgan fingerprint density at radius 1 is 1.35 bits per heavy atom. The molecule has 0 spiro atoms. The van der Waals surface area contributed by atoms with Gasteiger partial charge in [-0.15, -0.1) is 0 Å². The van der Waals surface area contributed by atoms with Crippen molar-refractivity contribution in [2.24, 2.45) is 5.11 Å². The van der Waals surface area contributed by atoms with Crippen molar-refractivity contribution in [1.82, 2.24) is 14.5 Å². The van der Waals surface area contributed by atoms with Crippen LogP contribution in [0.4, 0.5) is 0 Å². The summed E-state index contributed by atoms with van der Waals surface area (Å²) < 4.78 is 12.6. The van der Waals surface area contributed by atoms with Crippen LogP contribution >= 0.6 is 0 Å². The largest absolute Gasteiger partial charge is 0.508 e. The van der Waals surface area contributed by atoms with Crippen molar-refractivity contribution >= 4 is 22.7 Å². The molecule has 5 rings (SSSR count). The number of carbonyl (C=O) groups excluding carboxylic acids is 2. The van der Waals surface area contributed by atoms with E-state index in [1.54, 1.807) is 25.1 Å². The summed E-state index contributed by atoms with van der Waals surface area (Å²) in [5, 5.41) is 14.5. The van der Waals surface area contributed by atoms with Crippen LogP contribution in [-0.2, 0) is 33.0 Å². The lowest BCUT2D eigenvalue weighted by Gasteiger charge is -2.36. The van der Waals surface area contributed by atoms with E-state index in [1.165, 1.54) is 4.57 Å². The molecule has 12 heteroatoms. The third kappa shape index (κ3) is 3.78. The summed E-state index contributed by atoms with van der Waals surface area (Å²) in [6.07, 6.45) is 0.0538. The number of rotatable bonds is 6. The molecule has 2 aliphatic heterocycles. The van der Waals surface area contributed by atoms with Crippen molar-refractivity contribution in [3.63, 3.8) is 0 Å². The van der Waals surface area contributed by atoms with Crippen LogP contribution in [0.1, 0.15) is 30.0 Å². The van der Waals surface area contributed by atoms with Crippen LogP contribution < -0.4 is 10.3 Å². The quantitative estimate of drug-likeness (QED) is 0.181. The maximum Gasteiger partial charge on any atom is 0.313 e. The number of hydrogen-bond donors (Lipinski definition) is 1. The Hall–Kier alpha value is -4.41. The van der Waals surface area contributed by atoms with E-state index in [0.717, 1.165) is 16.5 Å². The number of azide groups is 1. The first kappa shape index (κ1) is 24.3. The monoisotopic (exact) mass is 504 g/mol. The average Bonchev–Trinajstić information content (AvgIpc) is 3.23. The second-order valence-corrected chi connectivity index (χ2v) is 9.28. The van der Waals surface area contributed by atoms with Crippen LogP contribution in [0, 0.1) is 0 Å². The van der Waals surface area contributed by atoms with Gasteiger partial charge in [-0.2, -0.15) is 0 Å². The van der Waals surface area contributed by atoms with Gasteiger partial charge in [0.25, 0.3) is 5.56 Å². The number of hydrogen-bond acceptors (Lipinski definition) is 9. The number of nitrogens with zero attached hydrogens (tertiary/aromatic N) is 6. The zero-order valence-corrected chi connectivity index (χ0v) is 20.5. The summed E-state index contributed by atoms with van der Waals surface area (Å²) >= 11 is 0. The molecule has 1 aromatic carbocycles. The second kappa shape index (κ2) is 8.91. The number of fused-ring (bicyclic) bond motifs is 5. The minimum absolute atomic E-state index is 0.0538. The fourth-order valence-corrected chi connectivity index (χ4v) is 5.04. The number of aromatic nitrogens is 2. The zero-order valence-electron chi connectivity index (χ0n) is 20.5. The Bertz CT molecular complexity index is 1590. The topological polar surface area (TPSA) is 160 Å². The van der Waals surface area contributed by atoms with E-state index in [1.807, 2.05) is 25.1 Å². The Morgan fingerprint density at radius 3 is 2.84 bits per heavy atom. The molecular formula is C25H24N6O6. The minimum atomic E-state index is -1.76. The van der Waals surface area contributed by atoms with E-state index in [-0.39, 0.29) is 30.0 Å². The normalized spacial score (nSPS) is 17.6. The molecule has 0 unspecified atom stereocenters. The highest BCUT2D eigenvalue weighted by molar-refractivity contribution is 5.95. The van der Waals surface area contributed by atoms with Gasteiger partial charge in [-0.25, -0.2) is 4.98 Å². The maximum atomic E-state index is 13.5. The van der Waals surface area contributed by atoms with Crippen LogP contribution in [0.15, 0.2) is 34.2 Å². The molecular weight excluding hydrogens is 480 g/mol. The van der Waals surface area contributed by atoms with Crippen molar-refractivity contribution < 1.29 is 24.2 Å². The molecule has 0 fully saturated rings. The molecule has 2 aliphatic rings. The lowest BCUT2D eigenvalue weighted by Crippen LogP contribution is -2.48. The number of pyridine rings is 2. The molecule has 0 radical (unpaired) electrons. The average molecular weight is 505 g/mol. The first-order valence-corrected chi connectivity index (χ1v) is 11.7. The van der Waals surface area contributed by atoms with Crippen molar-refractivity contribution in [2.45, 2.75) is 32.0 Å². The smallest absolute Gasteiger partial charge is 0.313 e. The summed E-state index contributed by atoms with van der Waals surface area (Å²) in [6, 6.07) is 6.83. The van der Waals surface area contributed by atoms with Gasteiger partial charge in [-0.05, 0) is 50.3 Å². The Kier molecular flexibility index (Phi) is 5.85. The number of esters is 1. The van der Waals surface area contributed by atoms with E-state index in [4.69, 9.17) is 20.0 Å². The molecule has 3 aromatic rings. The van der Waals surface area contributed by atoms with Crippen LogP contribution in [0.5, 0.6) is 11.5 Å². The fraction of sp³-hybridized carbons (Fsp3) is 0.360. The van der Waals surface area contributed by atoms with Gasteiger partial charge in [-0.3, -0.25) is 19.0 Å². The lowest BCUT2D eigenvalue weighted by molar-refractivity contribution is -0.171. The van der Waals surface area contributed by atoms with Gasteiger partial charge in [-0.1, -0.05) is 12.0 Å². The van der Waals surface area contributed by atoms with Gasteiger partial charge in [0.05, 0.1) is 29.0 Å². The highest BCUT2D eigenvalue weighted by Gasteiger charge is 2.49. The number of ether oxygens (including phenoxy) is 2. The van der Waals surface area contributed by atoms with Crippen molar-refractivity contribution in [3.05, 3.63) is 61.8 Å². The van der Waals surface area contributed by atoms with Gasteiger partial charge in [0.2, 0.25) is 11.4 Å². The molecule has 190 valence electrons. The first-order chi connectivity index (χ1) is 17.7. The highest BCUT2D eigenvalue weighted by atomic mass is 16.6. The molecule has 0 aliphatic carbocycles. The number of ketones is 1. The predicted octanol–water partition coefficient (Wildman–Crippen LogP) is 2.61. The molecule has 1 N–H and O–H groups in total. The predicted molar refractivity (Wildman–Crippen MR) is 132 cm³/mol. The van der Waals surface area contributed by atoms with Crippen LogP contribution in [0.3, 0.4) is 0 Å². The van der Waals surface area contributed by atoms with Crippen LogP contribution in [0.25, 0.3) is 32.7 Å². The molecule has 0 bridgehead atoms. The van der Waals surface area contributed by atoms with Crippen molar-refractivity contribution in [2.75, 3.05) is 27.2 Å². The van der Waals surface area contributed by atoms with E-state index in [2.05, 4.69) is 10.0 Å². The number of carbonyl (C=O) groups is 2. The van der Waals surface area contributed by atoms with Crippen LogP contribution in [-0.4, -0.2) is 58.6 Å². The summed E-state index contributed by atoms with van der Waals surface area (Å²) in [5.41, 5.74) is 9.61. The van der Waals surface area contributed by atoms with Gasteiger partial charge in [0, 0.05) is 28.0 Å². The van der Waals surface area contributed by atoms with E-state index >= 15 is 0 Å². The standard InChI is InChI=1S/C25H24N6O6/c1-4-25(37-21(34)9-27-29-26)16-8-18-22-13(10-31(18)24(35)23(16)36-12-20(25)33)7-14-15(11-30(2)3)19(32)6-5-17(14)28-22/h5-8,32H,4,9-12H2,1-3H3/t25-/m0/s1. The molecule has 37 heavy (non-hydrogen) atoms. The Labute approximate surface area is 210 Å². The van der Waals surface area contributed by atoms with Crippen molar-refractivity contribution in [3.8, 4) is 22.9 Å². The molecule has 4 heterocycles. The summed E-state index contributed by atoms with van der Waals surface area (Å²) in [7, 11) is 3.81. The Balaban J connectivity index is 1.69. The lowest BCUT2D eigenvalue weighted by atomic mass is 9.84. The zero-order chi connectivity index (χ0) is 26.5. The third-order valence-electron chi connectivity index (χ3n) is 6.75. The number of benzene rings is 1. The van der Waals surface area contributed by atoms with Gasteiger partial charge < -0.3 is 19.5 Å². The van der Waals surface area contributed by atoms with E-state index in [9.17, 15) is 19.5 Å². The molecule has 0 saturated carbocycles. The van der Waals surface area contributed by atoms with Crippen LogP contribution in [0.2, 0.25) is 0 Å². The van der Waals surface area contributed by atoms with E-state index < -0.39 is 36.1 Å². The minimum Gasteiger partial charge on any atom is -0.508 e. The van der Waals surface area contributed by atoms with Gasteiger partial charge in [0.15, 0.2) is 12.4 Å². The fourth-order valence-electron chi connectivity index (χ4n) is 5.04. The molecule has 12 nitrogen and oxygen atoms in total. The number of Topliss-reactive ketones (excluding diaryl/α,β-unsaturated/α-hetero) is 1. The van der Waals surface area contributed by atoms with Gasteiger partial charge in [0.1, 0.15) is 12.3 Å². The maximum absolute atomic E-state index is 13.5. The first-order valence-electron chi connectivity index (χ1n) is 11.7. The highest BCUT2D eigenvalue weighted by Crippen LogP contribution is 2.43.